The number of nitrogens with two attached hydrogens (primary N) is 1. The largest absolute Gasteiger partial charge is 0.328 e. The lowest BCUT2D eigenvalue weighted by molar-refractivity contribution is 0.644. The van der Waals surface area contributed by atoms with Gasteiger partial charge in [0.1, 0.15) is 0 Å². The van der Waals surface area contributed by atoms with Gasteiger partial charge in [0.25, 0.3) is 0 Å². The molecular formula is C11H15Cl2NOS. The third-order valence-corrected chi connectivity index (χ3v) is 4.32. The van der Waals surface area contributed by atoms with Crippen LogP contribution in [0, 0.1) is 0 Å². The Morgan fingerprint density at radius 3 is 2.62 bits per heavy atom. The second-order valence-electron chi connectivity index (χ2n) is 3.75. The zero-order valence-electron chi connectivity index (χ0n) is 9.08. The first-order chi connectivity index (χ1) is 7.50. The van der Waals surface area contributed by atoms with Gasteiger partial charge < -0.3 is 5.73 Å². The quantitative estimate of drug-likeness (QED) is 0.899. The summed E-state index contributed by atoms with van der Waals surface area (Å²) >= 11 is 11.6. The van der Waals surface area contributed by atoms with E-state index in [0.29, 0.717) is 15.8 Å². The minimum absolute atomic E-state index is 0.158. The van der Waals surface area contributed by atoms with Crippen molar-refractivity contribution in [3.8, 4) is 0 Å². The van der Waals surface area contributed by atoms with E-state index >= 15 is 0 Å². The predicted octanol–water partition coefficient (Wildman–Crippen LogP) is 3.23. The van der Waals surface area contributed by atoms with Crippen LogP contribution in [0.4, 0.5) is 0 Å². The molecule has 90 valence electrons. The number of hydrogen-bond acceptors (Lipinski definition) is 2. The van der Waals surface area contributed by atoms with E-state index in [9.17, 15) is 4.21 Å². The molecule has 0 aliphatic rings. The van der Waals surface area contributed by atoms with Crippen LogP contribution in [0.5, 0.6) is 0 Å². The lowest BCUT2D eigenvalue weighted by Crippen LogP contribution is -2.15. The Kier molecular flexibility index (Phi) is 5.76. The van der Waals surface area contributed by atoms with Crippen molar-refractivity contribution < 1.29 is 4.21 Å². The lowest BCUT2D eigenvalue weighted by atomic mass is 10.2. The van der Waals surface area contributed by atoms with Gasteiger partial charge in [-0.25, -0.2) is 0 Å². The summed E-state index contributed by atoms with van der Waals surface area (Å²) in [5.74, 6) is 0.611. The highest BCUT2D eigenvalue weighted by Gasteiger charge is 2.07. The molecule has 0 aliphatic carbocycles. The maximum absolute atomic E-state index is 11.9. The molecule has 2 nitrogen and oxygen atoms in total. The van der Waals surface area contributed by atoms with E-state index in [-0.39, 0.29) is 6.04 Å². The molecule has 16 heavy (non-hydrogen) atoms. The zero-order chi connectivity index (χ0) is 12.1. The van der Waals surface area contributed by atoms with Crippen LogP contribution in [0.25, 0.3) is 0 Å². The summed E-state index contributed by atoms with van der Waals surface area (Å²) in [7, 11) is -1.02. The summed E-state index contributed by atoms with van der Waals surface area (Å²) in [6, 6.07) is 5.23. The van der Waals surface area contributed by atoms with Crippen LogP contribution in [0.3, 0.4) is 0 Å². The van der Waals surface area contributed by atoms with E-state index in [4.69, 9.17) is 28.9 Å². The highest BCUT2D eigenvalue weighted by Crippen LogP contribution is 2.24. The SMILES string of the molecule is CC(N)CCCS(=O)c1ccc(Cl)c(Cl)c1. The van der Waals surface area contributed by atoms with Crippen LogP contribution in [0.2, 0.25) is 10.0 Å². The Hall–Kier alpha value is -0.0900. The Morgan fingerprint density at radius 2 is 2.06 bits per heavy atom. The fraction of sp³-hybridized carbons (Fsp3) is 0.455. The number of benzene rings is 1. The van der Waals surface area contributed by atoms with Gasteiger partial charge in [-0.3, -0.25) is 4.21 Å². The predicted molar refractivity (Wildman–Crippen MR) is 70.6 cm³/mol. The Labute approximate surface area is 109 Å². The minimum Gasteiger partial charge on any atom is -0.328 e. The molecule has 0 bridgehead atoms. The fourth-order valence-corrected chi connectivity index (χ4v) is 2.77. The van der Waals surface area contributed by atoms with Gasteiger partial charge in [-0.15, -0.1) is 0 Å². The van der Waals surface area contributed by atoms with Gasteiger partial charge >= 0.3 is 0 Å². The van der Waals surface area contributed by atoms with Crippen molar-refractivity contribution in [1.82, 2.24) is 0 Å². The second kappa shape index (κ2) is 6.60. The molecule has 0 amide bonds. The minimum atomic E-state index is -1.02. The first-order valence-electron chi connectivity index (χ1n) is 5.09. The second-order valence-corrected chi connectivity index (χ2v) is 6.13. The molecule has 1 aromatic rings. The summed E-state index contributed by atoms with van der Waals surface area (Å²) in [6.07, 6.45) is 1.73. The third-order valence-electron chi connectivity index (χ3n) is 2.14. The van der Waals surface area contributed by atoms with Crippen molar-refractivity contribution in [2.45, 2.75) is 30.7 Å². The third kappa shape index (κ3) is 4.42. The van der Waals surface area contributed by atoms with Gasteiger partial charge in [0.2, 0.25) is 0 Å². The summed E-state index contributed by atoms with van der Waals surface area (Å²) in [4.78, 5) is 0.721. The van der Waals surface area contributed by atoms with E-state index in [1.807, 2.05) is 6.92 Å². The molecule has 2 unspecified atom stereocenters. The summed E-state index contributed by atoms with van der Waals surface area (Å²) in [5.41, 5.74) is 5.62. The number of rotatable bonds is 5. The van der Waals surface area contributed by atoms with Crippen molar-refractivity contribution in [2.75, 3.05) is 5.75 Å². The van der Waals surface area contributed by atoms with E-state index < -0.39 is 10.8 Å². The van der Waals surface area contributed by atoms with Gasteiger partial charge in [-0.2, -0.15) is 0 Å². The van der Waals surface area contributed by atoms with Crippen molar-refractivity contribution in [3.63, 3.8) is 0 Å². The molecule has 0 radical (unpaired) electrons. The monoisotopic (exact) mass is 279 g/mol. The molecule has 2 N–H and O–H groups in total. The molecule has 0 aromatic heterocycles. The summed E-state index contributed by atoms with van der Waals surface area (Å²) in [6.45, 7) is 1.95. The molecular weight excluding hydrogens is 265 g/mol. The molecule has 1 rings (SSSR count). The Bertz CT molecular complexity index is 382. The van der Waals surface area contributed by atoms with Crippen LogP contribution in [-0.4, -0.2) is 16.0 Å². The van der Waals surface area contributed by atoms with Crippen molar-refractivity contribution >= 4 is 34.0 Å². The molecule has 5 heteroatoms. The van der Waals surface area contributed by atoms with Crippen LogP contribution in [0.15, 0.2) is 23.1 Å². The maximum atomic E-state index is 11.9. The van der Waals surface area contributed by atoms with Crippen LogP contribution in [-0.2, 0) is 10.8 Å². The maximum Gasteiger partial charge on any atom is 0.0604 e. The average molecular weight is 280 g/mol. The van der Waals surface area contributed by atoms with E-state index in [0.717, 1.165) is 17.7 Å². The topological polar surface area (TPSA) is 43.1 Å². The van der Waals surface area contributed by atoms with E-state index in [1.54, 1.807) is 18.2 Å². The van der Waals surface area contributed by atoms with Crippen molar-refractivity contribution in [3.05, 3.63) is 28.2 Å². The zero-order valence-corrected chi connectivity index (χ0v) is 11.4. The first-order valence-corrected chi connectivity index (χ1v) is 7.17. The molecule has 0 heterocycles. The molecule has 0 aliphatic heterocycles. The van der Waals surface area contributed by atoms with E-state index in [1.165, 1.54) is 0 Å². The van der Waals surface area contributed by atoms with E-state index in [2.05, 4.69) is 0 Å². The number of hydrogen-bond donors (Lipinski definition) is 1. The molecule has 1 aromatic carbocycles. The molecule has 0 fully saturated rings. The van der Waals surface area contributed by atoms with Gasteiger partial charge in [-0.05, 0) is 38.0 Å². The highest BCUT2D eigenvalue weighted by molar-refractivity contribution is 7.85. The van der Waals surface area contributed by atoms with Crippen molar-refractivity contribution in [1.29, 1.82) is 0 Å². The van der Waals surface area contributed by atoms with Crippen LogP contribution >= 0.6 is 23.2 Å². The molecule has 0 spiro atoms. The van der Waals surface area contributed by atoms with Gasteiger partial charge in [0, 0.05) is 16.7 Å². The Balaban J connectivity index is 2.56. The molecule has 2 atom stereocenters. The number of halogens is 2. The van der Waals surface area contributed by atoms with Crippen LogP contribution < -0.4 is 5.73 Å². The Morgan fingerprint density at radius 1 is 1.38 bits per heavy atom. The van der Waals surface area contributed by atoms with Crippen molar-refractivity contribution in [2.24, 2.45) is 5.73 Å². The van der Waals surface area contributed by atoms with Gasteiger partial charge in [0.15, 0.2) is 0 Å². The summed E-state index contributed by atoms with van der Waals surface area (Å²) in [5, 5.41) is 0.928. The van der Waals surface area contributed by atoms with Crippen LogP contribution in [0.1, 0.15) is 19.8 Å². The molecule has 0 saturated carbocycles. The van der Waals surface area contributed by atoms with Gasteiger partial charge in [0.05, 0.1) is 20.8 Å². The summed E-state index contributed by atoms with van der Waals surface area (Å²) < 4.78 is 11.9. The highest BCUT2D eigenvalue weighted by atomic mass is 35.5. The average Bonchev–Trinajstić information content (AvgIpc) is 2.21. The first kappa shape index (κ1) is 14.0. The smallest absolute Gasteiger partial charge is 0.0604 e. The normalized spacial score (nSPS) is 14.8. The lowest BCUT2D eigenvalue weighted by Gasteiger charge is -2.05. The molecule has 0 saturated heterocycles. The standard InChI is InChI=1S/C11H15Cl2NOS/c1-8(14)3-2-6-16(15)9-4-5-10(12)11(13)7-9/h4-5,7-8H,2-3,6,14H2,1H3. The fourth-order valence-electron chi connectivity index (χ4n) is 1.27. The van der Waals surface area contributed by atoms with Gasteiger partial charge in [-0.1, -0.05) is 23.2 Å².